The molecular formula is C11H17NO. The van der Waals surface area contributed by atoms with Crippen LogP contribution in [0.15, 0.2) is 30.3 Å². The minimum absolute atomic E-state index is 0.177. The average Bonchev–Trinajstić information content (AvgIpc) is 2.15. The van der Waals surface area contributed by atoms with Gasteiger partial charge < -0.3 is 9.64 Å². The highest BCUT2D eigenvalue weighted by Crippen LogP contribution is 2.16. The minimum Gasteiger partial charge on any atom is -0.375 e. The van der Waals surface area contributed by atoms with Gasteiger partial charge in [-0.3, -0.25) is 0 Å². The second-order valence-electron chi connectivity index (χ2n) is 3.40. The van der Waals surface area contributed by atoms with Crippen molar-refractivity contribution in [2.75, 3.05) is 27.7 Å². The Balaban J connectivity index is 2.67. The third kappa shape index (κ3) is 3.17. The van der Waals surface area contributed by atoms with Crippen LogP contribution in [0.4, 0.5) is 0 Å². The molecule has 0 saturated heterocycles. The first-order chi connectivity index (χ1) is 6.24. The molecule has 0 saturated carbocycles. The van der Waals surface area contributed by atoms with Gasteiger partial charge in [-0.1, -0.05) is 30.3 Å². The first kappa shape index (κ1) is 10.2. The van der Waals surface area contributed by atoms with E-state index >= 15 is 0 Å². The van der Waals surface area contributed by atoms with Gasteiger partial charge in [0.05, 0.1) is 6.10 Å². The number of hydrogen-bond donors (Lipinski definition) is 0. The summed E-state index contributed by atoms with van der Waals surface area (Å²) in [5.41, 5.74) is 1.23. The fourth-order valence-electron chi connectivity index (χ4n) is 1.32. The molecule has 0 fully saturated rings. The number of rotatable bonds is 4. The van der Waals surface area contributed by atoms with Crippen molar-refractivity contribution in [2.24, 2.45) is 0 Å². The molecule has 1 aromatic rings. The Morgan fingerprint density at radius 1 is 1.23 bits per heavy atom. The van der Waals surface area contributed by atoms with Crippen molar-refractivity contribution in [3.05, 3.63) is 35.9 Å². The lowest BCUT2D eigenvalue weighted by molar-refractivity contribution is 0.0784. The van der Waals surface area contributed by atoms with Crippen LogP contribution >= 0.6 is 0 Å². The van der Waals surface area contributed by atoms with Crippen molar-refractivity contribution in [1.29, 1.82) is 0 Å². The van der Waals surface area contributed by atoms with Crippen molar-refractivity contribution in [2.45, 2.75) is 6.10 Å². The Kier molecular flexibility index (Phi) is 3.93. The van der Waals surface area contributed by atoms with Crippen molar-refractivity contribution >= 4 is 0 Å². The van der Waals surface area contributed by atoms with Crippen LogP contribution in [0.25, 0.3) is 0 Å². The Morgan fingerprint density at radius 3 is 2.31 bits per heavy atom. The van der Waals surface area contributed by atoms with E-state index in [0.29, 0.717) is 0 Å². The Bertz CT molecular complexity index is 233. The summed E-state index contributed by atoms with van der Waals surface area (Å²) >= 11 is 0. The summed E-state index contributed by atoms with van der Waals surface area (Å²) in [5.74, 6) is 0. The molecule has 2 nitrogen and oxygen atoms in total. The van der Waals surface area contributed by atoms with Crippen LogP contribution in [-0.2, 0) is 4.74 Å². The van der Waals surface area contributed by atoms with E-state index in [4.69, 9.17) is 4.74 Å². The van der Waals surface area contributed by atoms with E-state index < -0.39 is 0 Å². The van der Waals surface area contributed by atoms with Crippen LogP contribution in [0.5, 0.6) is 0 Å². The van der Waals surface area contributed by atoms with E-state index in [1.54, 1.807) is 7.11 Å². The largest absolute Gasteiger partial charge is 0.375 e. The molecule has 1 unspecified atom stereocenters. The van der Waals surface area contributed by atoms with Crippen LogP contribution < -0.4 is 0 Å². The molecule has 13 heavy (non-hydrogen) atoms. The van der Waals surface area contributed by atoms with E-state index in [1.165, 1.54) is 5.56 Å². The van der Waals surface area contributed by atoms with E-state index in [0.717, 1.165) is 6.54 Å². The van der Waals surface area contributed by atoms with Gasteiger partial charge in [0.15, 0.2) is 0 Å². The maximum absolute atomic E-state index is 5.41. The number of hydrogen-bond acceptors (Lipinski definition) is 2. The lowest BCUT2D eigenvalue weighted by Crippen LogP contribution is -2.21. The van der Waals surface area contributed by atoms with E-state index in [9.17, 15) is 0 Å². The zero-order valence-electron chi connectivity index (χ0n) is 8.53. The highest BCUT2D eigenvalue weighted by molar-refractivity contribution is 5.17. The smallest absolute Gasteiger partial charge is 0.0947 e. The SMILES string of the molecule is COC(CN(C)C)c1ccccc1. The van der Waals surface area contributed by atoms with Crippen LogP contribution in [0.2, 0.25) is 0 Å². The molecule has 0 aliphatic carbocycles. The predicted octanol–water partition coefficient (Wildman–Crippen LogP) is 1.94. The van der Waals surface area contributed by atoms with Gasteiger partial charge in [-0.25, -0.2) is 0 Å². The third-order valence-electron chi connectivity index (χ3n) is 1.99. The number of methoxy groups -OCH3 is 1. The predicted molar refractivity (Wildman–Crippen MR) is 54.7 cm³/mol. The summed E-state index contributed by atoms with van der Waals surface area (Å²) in [7, 11) is 5.85. The molecule has 0 aliphatic rings. The molecule has 1 rings (SSSR count). The number of ether oxygens (including phenoxy) is 1. The standard InChI is InChI=1S/C11H17NO/c1-12(2)9-11(13-3)10-7-5-4-6-8-10/h4-8,11H,9H2,1-3H3. The van der Waals surface area contributed by atoms with Crippen molar-refractivity contribution < 1.29 is 4.74 Å². The van der Waals surface area contributed by atoms with Gasteiger partial charge in [0.2, 0.25) is 0 Å². The van der Waals surface area contributed by atoms with Gasteiger partial charge in [-0.05, 0) is 19.7 Å². The summed E-state index contributed by atoms with van der Waals surface area (Å²) in [6.07, 6.45) is 0.177. The molecule has 0 amide bonds. The van der Waals surface area contributed by atoms with Crippen LogP contribution in [0.3, 0.4) is 0 Å². The molecule has 0 spiro atoms. The van der Waals surface area contributed by atoms with Gasteiger partial charge in [0.25, 0.3) is 0 Å². The van der Waals surface area contributed by atoms with Gasteiger partial charge in [-0.2, -0.15) is 0 Å². The summed E-state index contributed by atoms with van der Waals surface area (Å²) in [5, 5.41) is 0. The van der Waals surface area contributed by atoms with Crippen molar-refractivity contribution in [1.82, 2.24) is 4.90 Å². The molecule has 0 bridgehead atoms. The molecule has 0 aromatic heterocycles. The van der Waals surface area contributed by atoms with E-state index in [-0.39, 0.29) is 6.10 Å². The van der Waals surface area contributed by atoms with Crippen LogP contribution in [-0.4, -0.2) is 32.6 Å². The van der Waals surface area contributed by atoms with Gasteiger partial charge >= 0.3 is 0 Å². The highest BCUT2D eigenvalue weighted by atomic mass is 16.5. The molecule has 72 valence electrons. The molecule has 0 radical (unpaired) electrons. The van der Waals surface area contributed by atoms with Gasteiger partial charge in [-0.15, -0.1) is 0 Å². The molecule has 0 heterocycles. The average molecular weight is 179 g/mol. The van der Waals surface area contributed by atoms with Crippen LogP contribution in [0.1, 0.15) is 11.7 Å². The van der Waals surface area contributed by atoms with E-state index in [2.05, 4.69) is 31.1 Å². The van der Waals surface area contributed by atoms with Crippen molar-refractivity contribution in [3.8, 4) is 0 Å². The molecule has 1 aromatic carbocycles. The molecular weight excluding hydrogens is 162 g/mol. The molecule has 0 N–H and O–H groups in total. The topological polar surface area (TPSA) is 12.5 Å². The summed E-state index contributed by atoms with van der Waals surface area (Å²) in [6.45, 7) is 0.917. The highest BCUT2D eigenvalue weighted by Gasteiger charge is 2.09. The summed E-state index contributed by atoms with van der Waals surface area (Å²) < 4.78 is 5.41. The zero-order chi connectivity index (χ0) is 9.68. The maximum atomic E-state index is 5.41. The number of benzene rings is 1. The lowest BCUT2D eigenvalue weighted by Gasteiger charge is -2.19. The van der Waals surface area contributed by atoms with Gasteiger partial charge in [0, 0.05) is 13.7 Å². The summed E-state index contributed by atoms with van der Waals surface area (Å²) in [4.78, 5) is 2.13. The Labute approximate surface area is 80.1 Å². The number of nitrogens with zero attached hydrogens (tertiary/aromatic N) is 1. The second kappa shape index (κ2) is 5.00. The second-order valence-corrected chi connectivity index (χ2v) is 3.40. The van der Waals surface area contributed by atoms with Gasteiger partial charge in [0.1, 0.15) is 0 Å². The first-order valence-electron chi connectivity index (χ1n) is 4.46. The Hall–Kier alpha value is -0.860. The van der Waals surface area contributed by atoms with Crippen LogP contribution in [0, 0.1) is 0 Å². The molecule has 1 atom stereocenters. The monoisotopic (exact) mass is 179 g/mol. The lowest BCUT2D eigenvalue weighted by atomic mass is 10.1. The first-order valence-corrected chi connectivity index (χ1v) is 4.46. The Morgan fingerprint density at radius 2 is 1.85 bits per heavy atom. The summed E-state index contributed by atoms with van der Waals surface area (Å²) in [6, 6.07) is 10.3. The zero-order valence-corrected chi connectivity index (χ0v) is 8.53. The fraction of sp³-hybridized carbons (Fsp3) is 0.455. The fourth-order valence-corrected chi connectivity index (χ4v) is 1.32. The normalized spacial score (nSPS) is 13.2. The quantitative estimate of drug-likeness (QED) is 0.700. The van der Waals surface area contributed by atoms with E-state index in [1.807, 2.05) is 18.2 Å². The molecule has 2 heteroatoms. The third-order valence-corrected chi connectivity index (χ3v) is 1.99. The minimum atomic E-state index is 0.177. The molecule has 0 aliphatic heterocycles. The van der Waals surface area contributed by atoms with Crippen molar-refractivity contribution in [3.63, 3.8) is 0 Å². The number of likely N-dealkylation sites (N-methyl/N-ethyl adjacent to an activating group) is 1. The maximum Gasteiger partial charge on any atom is 0.0947 e.